The molecule has 1 aromatic rings. The van der Waals surface area contributed by atoms with E-state index in [9.17, 15) is 27.1 Å². The minimum absolute atomic E-state index is 0.152. The Morgan fingerprint density at radius 2 is 1.44 bits per heavy atom. The normalized spacial score (nSPS) is 20.7. The van der Waals surface area contributed by atoms with Crippen LogP contribution in [0.4, 0.5) is 22.0 Å². The molecule has 18 heavy (non-hydrogen) atoms. The number of rotatable bonds is 2. The molecule has 0 aromatic heterocycles. The van der Waals surface area contributed by atoms with Gasteiger partial charge in [0.1, 0.15) is 0 Å². The summed E-state index contributed by atoms with van der Waals surface area (Å²) in [5, 5.41) is 9.23. The summed E-state index contributed by atoms with van der Waals surface area (Å²) in [5.41, 5.74) is -0.861. The monoisotopic (exact) mass is 267 g/mol. The number of β-amino-alcohol motifs (C(OH)–C–C–N with tert-alkyl or cyclic N) is 1. The van der Waals surface area contributed by atoms with E-state index in [2.05, 4.69) is 0 Å². The van der Waals surface area contributed by atoms with Crippen molar-refractivity contribution < 1.29 is 27.1 Å². The number of likely N-dealkylation sites (tertiary alicyclic amines) is 1. The molecule has 0 bridgehead atoms. The standard InChI is InChI=1S/C11H10F5NO/c12-7-6(4-17-2-1-5(18)3-17)8(13)10(15)11(16)9(7)14/h5,18H,1-4H2/t5-/m0/s1. The molecule has 7 heteroatoms. The molecule has 0 radical (unpaired) electrons. The summed E-state index contributed by atoms with van der Waals surface area (Å²) in [5.74, 6) is -9.66. The molecule has 0 saturated carbocycles. The molecule has 1 atom stereocenters. The lowest BCUT2D eigenvalue weighted by Gasteiger charge is -2.16. The van der Waals surface area contributed by atoms with Gasteiger partial charge < -0.3 is 5.11 Å². The van der Waals surface area contributed by atoms with E-state index in [1.54, 1.807) is 0 Å². The van der Waals surface area contributed by atoms with Gasteiger partial charge in [-0.2, -0.15) is 0 Å². The number of hydrogen-bond donors (Lipinski definition) is 1. The Balaban J connectivity index is 2.33. The Kier molecular flexibility index (Phi) is 3.54. The summed E-state index contributed by atoms with van der Waals surface area (Å²) < 4.78 is 65.3. The second-order valence-electron chi connectivity index (χ2n) is 4.23. The second-order valence-corrected chi connectivity index (χ2v) is 4.23. The van der Waals surface area contributed by atoms with E-state index in [-0.39, 0.29) is 6.54 Å². The van der Waals surface area contributed by atoms with Crippen LogP contribution in [0.5, 0.6) is 0 Å². The minimum atomic E-state index is -2.16. The predicted octanol–water partition coefficient (Wildman–Crippen LogP) is 1.95. The molecule has 0 spiro atoms. The highest BCUT2D eigenvalue weighted by Gasteiger charge is 2.28. The third-order valence-corrected chi connectivity index (χ3v) is 2.93. The van der Waals surface area contributed by atoms with Crippen LogP contribution in [0.2, 0.25) is 0 Å². The zero-order chi connectivity index (χ0) is 13.4. The molecule has 0 aliphatic carbocycles. The smallest absolute Gasteiger partial charge is 0.200 e. The fourth-order valence-electron chi connectivity index (χ4n) is 1.97. The maximum absolute atomic E-state index is 13.3. The summed E-state index contributed by atoms with van der Waals surface area (Å²) >= 11 is 0. The molecule has 2 nitrogen and oxygen atoms in total. The molecule has 1 saturated heterocycles. The average molecular weight is 267 g/mol. The fraction of sp³-hybridized carbons (Fsp3) is 0.455. The Labute approximate surface area is 99.6 Å². The van der Waals surface area contributed by atoms with E-state index in [0.717, 1.165) is 0 Å². The highest BCUT2D eigenvalue weighted by molar-refractivity contribution is 5.24. The number of aliphatic hydroxyl groups is 1. The first-order valence-corrected chi connectivity index (χ1v) is 5.32. The second kappa shape index (κ2) is 4.81. The summed E-state index contributed by atoms with van der Waals surface area (Å²) in [6.07, 6.45) is -0.221. The maximum Gasteiger partial charge on any atom is 0.200 e. The van der Waals surface area contributed by atoms with Gasteiger partial charge in [0.15, 0.2) is 23.3 Å². The number of nitrogens with zero attached hydrogens (tertiary/aromatic N) is 1. The Bertz CT molecular complexity index is 450. The van der Waals surface area contributed by atoms with Crippen molar-refractivity contribution in [1.29, 1.82) is 0 Å². The summed E-state index contributed by atoms with van der Waals surface area (Å²) in [7, 11) is 0. The van der Waals surface area contributed by atoms with Gasteiger partial charge in [0, 0.05) is 25.2 Å². The Morgan fingerprint density at radius 1 is 0.944 bits per heavy atom. The van der Waals surface area contributed by atoms with Gasteiger partial charge in [-0.3, -0.25) is 4.90 Å². The molecular weight excluding hydrogens is 257 g/mol. The minimum Gasteiger partial charge on any atom is -0.392 e. The van der Waals surface area contributed by atoms with E-state index < -0.39 is 47.3 Å². The van der Waals surface area contributed by atoms with Crippen LogP contribution in [0, 0.1) is 29.1 Å². The van der Waals surface area contributed by atoms with Crippen molar-refractivity contribution in [3.63, 3.8) is 0 Å². The third-order valence-electron chi connectivity index (χ3n) is 2.93. The molecule has 100 valence electrons. The highest BCUT2D eigenvalue weighted by Crippen LogP contribution is 2.25. The molecule has 1 aliphatic heterocycles. The largest absolute Gasteiger partial charge is 0.392 e. The first kappa shape index (κ1) is 13.2. The van der Waals surface area contributed by atoms with Crippen LogP contribution in [0.15, 0.2) is 0 Å². The zero-order valence-electron chi connectivity index (χ0n) is 9.19. The molecular formula is C11H10F5NO. The van der Waals surface area contributed by atoms with E-state index >= 15 is 0 Å². The van der Waals surface area contributed by atoms with Gasteiger partial charge in [0.25, 0.3) is 0 Å². The van der Waals surface area contributed by atoms with Crippen LogP contribution >= 0.6 is 0 Å². The van der Waals surface area contributed by atoms with Crippen molar-refractivity contribution >= 4 is 0 Å². The van der Waals surface area contributed by atoms with Gasteiger partial charge in [0.2, 0.25) is 5.82 Å². The number of aliphatic hydroxyl groups excluding tert-OH is 1. The lowest BCUT2D eigenvalue weighted by atomic mass is 10.1. The number of hydrogen-bond acceptors (Lipinski definition) is 2. The van der Waals surface area contributed by atoms with Crippen LogP contribution in [-0.2, 0) is 6.54 Å². The summed E-state index contributed by atoms with van der Waals surface area (Å²) in [4.78, 5) is 1.43. The van der Waals surface area contributed by atoms with Crippen molar-refractivity contribution in [2.45, 2.75) is 19.1 Å². The molecule has 0 amide bonds. The van der Waals surface area contributed by atoms with Crippen LogP contribution in [0.1, 0.15) is 12.0 Å². The molecule has 1 N–H and O–H groups in total. The molecule has 0 unspecified atom stereocenters. The van der Waals surface area contributed by atoms with Crippen molar-refractivity contribution in [1.82, 2.24) is 4.90 Å². The van der Waals surface area contributed by atoms with Crippen LogP contribution in [-0.4, -0.2) is 29.2 Å². The molecule has 1 fully saturated rings. The Morgan fingerprint density at radius 3 is 1.89 bits per heavy atom. The third kappa shape index (κ3) is 2.20. The maximum atomic E-state index is 13.3. The topological polar surface area (TPSA) is 23.5 Å². The summed E-state index contributed by atoms with van der Waals surface area (Å²) in [6, 6.07) is 0. The van der Waals surface area contributed by atoms with Crippen molar-refractivity contribution in [2.75, 3.05) is 13.1 Å². The van der Waals surface area contributed by atoms with Gasteiger partial charge in [-0.15, -0.1) is 0 Å². The van der Waals surface area contributed by atoms with E-state index in [1.165, 1.54) is 4.90 Å². The first-order valence-electron chi connectivity index (χ1n) is 5.32. The molecule has 2 rings (SSSR count). The fourth-order valence-corrected chi connectivity index (χ4v) is 1.97. The lowest BCUT2D eigenvalue weighted by Crippen LogP contribution is -2.24. The number of halogens is 5. The van der Waals surface area contributed by atoms with Crippen molar-refractivity contribution in [2.24, 2.45) is 0 Å². The van der Waals surface area contributed by atoms with Crippen LogP contribution < -0.4 is 0 Å². The van der Waals surface area contributed by atoms with Crippen LogP contribution in [0.3, 0.4) is 0 Å². The van der Waals surface area contributed by atoms with E-state index in [0.29, 0.717) is 13.0 Å². The highest BCUT2D eigenvalue weighted by atomic mass is 19.2. The van der Waals surface area contributed by atoms with Crippen molar-refractivity contribution in [3.8, 4) is 0 Å². The lowest BCUT2D eigenvalue weighted by molar-refractivity contribution is 0.173. The molecule has 1 aromatic carbocycles. The summed E-state index contributed by atoms with van der Waals surface area (Å²) in [6.45, 7) is 0.0863. The average Bonchev–Trinajstić information content (AvgIpc) is 2.75. The SMILES string of the molecule is O[C@H]1CCN(Cc2c(F)c(F)c(F)c(F)c2F)C1. The quantitative estimate of drug-likeness (QED) is 0.503. The van der Waals surface area contributed by atoms with Gasteiger partial charge in [0.05, 0.1) is 6.10 Å². The van der Waals surface area contributed by atoms with E-state index in [4.69, 9.17) is 0 Å². The van der Waals surface area contributed by atoms with Crippen LogP contribution in [0.25, 0.3) is 0 Å². The first-order chi connectivity index (χ1) is 8.41. The van der Waals surface area contributed by atoms with E-state index in [1.807, 2.05) is 0 Å². The Hall–Kier alpha value is -1.21. The van der Waals surface area contributed by atoms with Gasteiger partial charge in [-0.25, -0.2) is 22.0 Å². The number of benzene rings is 1. The predicted molar refractivity (Wildman–Crippen MR) is 52.1 cm³/mol. The van der Waals surface area contributed by atoms with Gasteiger partial charge in [-0.1, -0.05) is 0 Å². The zero-order valence-corrected chi connectivity index (χ0v) is 9.19. The van der Waals surface area contributed by atoms with Crippen molar-refractivity contribution in [3.05, 3.63) is 34.6 Å². The van der Waals surface area contributed by atoms with Gasteiger partial charge in [-0.05, 0) is 6.42 Å². The molecule has 1 heterocycles. The molecule has 1 aliphatic rings. The van der Waals surface area contributed by atoms with Gasteiger partial charge >= 0.3 is 0 Å².